The first-order chi connectivity index (χ1) is 8.63. The number of hydrogen-bond acceptors (Lipinski definition) is 3. The van der Waals surface area contributed by atoms with Gasteiger partial charge in [0.2, 0.25) is 0 Å². The van der Waals surface area contributed by atoms with Crippen LogP contribution in [0.25, 0.3) is 0 Å². The molecule has 2 unspecified atom stereocenters. The van der Waals surface area contributed by atoms with Crippen LogP contribution >= 0.6 is 38.9 Å². The summed E-state index contributed by atoms with van der Waals surface area (Å²) in [4.78, 5) is 3.86. The fourth-order valence-corrected chi connectivity index (χ4v) is 4.76. The summed E-state index contributed by atoms with van der Waals surface area (Å²) in [5, 5.41) is 3.49. The second-order valence-electron chi connectivity index (χ2n) is 4.91. The average Bonchev–Trinajstić information content (AvgIpc) is 2.66. The molecule has 2 nitrogen and oxygen atoms in total. The van der Waals surface area contributed by atoms with Crippen molar-refractivity contribution in [1.82, 2.24) is 10.2 Å². The lowest BCUT2D eigenvalue weighted by molar-refractivity contribution is 0.122. The Balaban J connectivity index is 2.18. The van der Waals surface area contributed by atoms with Crippen LogP contribution in [0.2, 0.25) is 4.34 Å². The van der Waals surface area contributed by atoms with Gasteiger partial charge >= 0.3 is 0 Å². The molecule has 5 heteroatoms. The summed E-state index contributed by atoms with van der Waals surface area (Å²) in [6, 6.07) is 2.70. The minimum Gasteiger partial charge on any atom is -0.317 e. The number of nitrogens with zero attached hydrogens (tertiary/aromatic N) is 1. The molecule has 1 saturated heterocycles. The number of nitrogens with one attached hydrogen (secondary N) is 1. The lowest BCUT2D eigenvalue weighted by atomic mass is 9.88. The van der Waals surface area contributed by atoms with E-state index in [9.17, 15) is 0 Å². The van der Waals surface area contributed by atoms with Crippen LogP contribution < -0.4 is 5.32 Å². The highest BCUT2D eigenvalue weighted by Gasteiger charge is 2.31. The van der Waals surface area contributed by atoms with Crippen molar-refractivity contribution in [1.29, 1.82) is 0 Å². The Kier molecular flexibility index (Phi) is 5.51. The lowest BCUT2D eigenvalue weighted by Gasteiger charge is -2.38. The maximum absolute atomic E-state index is 6.19. The second-order valence-corrected chi connectivity index (χ2v) is 7.45. The van der Waals surface area contributed by atoms with Gasteiger partial charge in [0.25, 0.3) is 0 Å². The molecule has 0 bridgehead atoms. The third kappa shape index (κ3) is 3.28. The third-order valence-corrected chi connectivity index (χ3v) is 6.16. The Hall–Kier alpha value is 0.390. The Bertz CT molecular complexity index is 377. The Morgan fingerprint density at radius 3 is 3.00 bits per heavy atom. The van der Waals surface area contributed by atoms with Crippen LogP contribution in [-0.4, -0.2) is 31.6 Å². The van der Waals surface area contributed by atoms with E-state index in [0.29, 0.717) is 12.0 Å². The van der Waals surface area contributed by atoms with Crippen molar-refractivity contribution in [3.05, 3.63) is 19.8 Å². The van der Waals surface area contributed by atoms with Crippen molar-refractivity contribution in [3.8, 4) is 0 Å². The number of thiophene rings is 1. The van der Waals surface area contributed by atoms with Crippen molar-refractivity contribution in [3.63, 3.8) is 0 Å². The number of rotatable bonds is 4. The fourth-order valence-electron chi connectivity index (χ4n) is 2.76. The summed E-state index contributed by atoms with van der Waals surface area (Å²) >= 11 is 11.4. The summed E-state index contributed by atoms with van der Waals surface area (Å²) in [6.45, 7) is 5.49. The van der Waals surface area contributed by atoms with E-state index in [1.807, 2.05) is 0 Å². The summed E-state index contributed by atoms with van der Waals surface area (Å²) in [7, 11) is 2.23. The van der Waals surface area contributed by atoms with Gasteiger partial charge in [0, 0.05) is 15.4 Å². The van der Waals surface area contributed by atoms with E-state index in [2.05, 4.69) is 46.2 Å². The summed E-state index contributed by atoms with van der Waals surface area (Å²) < 4.78 is 1.90. The van der Waals surface area contributed by atoms with Gasteiger partial charge < -0.3 is 5.32 Å². The van der Waals surface area contributed by atoms with E-state index in [0.717, 1.165) is 21.9 Å². The monoisotopic (exact) mass is 350 g/mol. The molecule has 2 rings (SSSR count). The van der Waals surface area contributed by atoms with Gasteiger partial charge in [0.1, 0.15) is 4.34 Å². The van der Waals surface area contributed by atoms with Gasteiger partial charge in [0.15, 0.2) is 0 Å². The third-order valence-electron chi connectivity index (χ3n) is 3.62. The molecule has 0 aromatic carbocycles. The maximum Gasteiger partial charge on any atom is 0.107 e. The average molecular weight is 352 g/mol. The highest BCUT2D eigenvalue weighted by atomic mass is 79.9. The fraction of sp³-hybridized carbons (Fsp3) is 0.692. The maximum atomic E-state index is 6.19. The van der Waals surface area contributed by atoms with Crippen LogP contribution in [0.1, 0.15) is 30.7 Å². The highest BCUT2D eigenvalue weighted by Crippen LogP contribution is 2.42. The predicted octanol–water partition coefficient (Wildman–Crippen LogP) is 4.16. The largest absolute Gasteiger partial charge is 0.317 e. The Morgan fingerprint density at radius 1 is 1.61 bits per heavy atom. The van der Waals surface area contributed by atoms with Gasteiger partial charge in [-0.2, -0.15) is 0 Å². The molecule has 1 aromatic rings. The zero-order chi connectivity index (χ0) is 13.1. The molecule has 18 heavy (non-hydrogen) atoms. The van der Waals surface area contributed by atoms with E-state index in [-0.39, 0.29) is 0 Å². The van der Waals surface area contributed by atoms with Crippen molar-refractivity contribution < 1.29 is 0 Å². The van der Waals surface area contributed by atoms with E-state index >= 15 is 0 Å². The molecule has 1 fully saturated rings. The van der Waals surface area contributed by atoms with Crippen LogP contribution in [0.4, 0.5) is 0 Å². The molecule has 1 aliphatic heterocycles. The van der Waals surface area contributed by atoms with E-state index in [1.165, 1.54) is 24.3 Å². The van der Waals surface area contributed by atoms with Gasteiger partial charge in [-0.1, -0.05) is 18.5 Å². The van der Waals surface area contributed by atoms with Crippen LogP contribution in [-0.2, 0) is 0 Å². The molecule has 0 aliphatic carbocycles. The predicted molar refractivity (Wildman–Crippen MR) is 83.7 cm³/mol. The van der Waals surface area contributed by atoms with Gasteiger partial charge in [-0.25, -0.2) is 0 Å². The van der Waals surface area contributed by atoms with Gasteiger partial charge in [-0.15, -0.1) is 11.3 Å². The quantitative estimate of drug-likeness (QED) is 0.876. The smallest absolute Gasteiger partial charge is 0.107 e. The zero-order valence-electron chi connectivity index (χ0n) is 10.9. The van der Waals surface area contributed by atoms with E-state index in [4.69, 9.17) is 11.6 Å². The SMILES string of the molecule is CCNCC1CCCN(C)C1c1cc(Br)c(Cl)s1. The molecule has 1 aliphatic rings. The normalized spacial score (nSPS) is 25.6. The van der Waals surface area contributed by atoms with Crippen LogP contribution in [0, 0.1) is 5.92 Å². The topological polar surface area (TPSA) is 15.3 Å². The molecule has 0 spiro atoms. The van der Waals surface area contributed by atoms with E-state index < -0.39 is 0 Å². The number of piperidine rings is 1. The Morgan fingerprint density at radius 2 is 2.39 bits per heavy atom. The van der Waals surface area contributed by atoms with Crippen molar-refractivity contribution in [2.24, 2.45) is 5.92 Å². The molecule has 0 saturated carbocycles. The summed E-state index contributed by atoms with van der Waals surface area (Å²) in [5.74, 6) is 0.685. The van der Waals surface area contributed by atoms with Crippen molar-refractivity contribution >= 4 is 38.9 Å². The molecule has 0 radical (unpaired) electrons. The molecule has 0 amide bonds. The molecule has 1 aromatic heterocycles. The molecular formula is C13H20BrClN2S. The van der Waals surface area contributed by atoms with Gasteiger partial charge in [-0.3, -0.25) is 4.90 Å². The molecular weight excluding hydrogens is 332 g/mol. The molecule has 2 atom stereocenters. The first-order valence-corrected chi connectivity index (χ1v) is 8.48. The van der Waals surface area contributed by atoms with Crippen molar-refractivity contribution in [2.75, 3.05) is 26.7 Å². The Labute approximate surface area is 127 Å². The van der Waals surface area contributed by atoms with Crippen molar-refractivity contribution in [2.45, 2.75) is 25.8 Å². The number of likely N-dealkylation sites (tertiary alicyclic amines) is 1. The summed E-state index contributed by atoms with van der Waals surface area (Å²) in [5.41, 5.74) is 0. The number of hydrogen-bond donors (Lipinski definition) is 1. The van der Waals surface area contributed by atoms with Crippen LogP contribution in [0.3, 0.4) is 0 Å². The minimum atomic E-state index is 0.506. The molecule has 2 heterocycles. The summed E-state index contributed by atoms with van der Waals surface area (Å²) in [6.07, 6.45) is 2.60. The van der Waals surface area contributed by atoms with Crippen LogP contribution in [0.15, 0.2) is 10.5 Å². The first kappa shape index (κ1) is 14.8. The number of halogens is 2. The van der Waals surface area contributed by atoms with Crippen LogP contribution in [0.5, 0.6) is 0 Å². The lowest BCUT2D eigenvalue weighted by Crippen LogP contribution is -2.40. The van der Waals surface area contributed by atoms with Gasteiger partial charge in [0.05, 0.1) is 0 Å². The highest BCUT2D eigenvalue weighted by molar-refractivity contribution is 9.10. The zero-order valence-corrected chi connectivity index (χ0v) is 14.0. The van der Waals surface area contributed by atoms with E-state index in [1.54, 1.807) is 11.3 Å². The van der Waals surface area contributed by atoms with Gasteiger partial charge in [-0.05, 0) is 67.4 Å². The molecule has 102 valence electrons. The second kappa shape index (κ2) is 6.71. The minimum absolute atomic E-state index is 0.506. The standard InChI is InChI=1S/C13H20BrClN2S/c1-3-16-8-9-5-4-6-17(2)12(9)11-7-10(14)13(15)18-11/h7,9,12,16H,3-6,8H2,1-2H3. The molecule has 1 N–H and O–H groups in total. The first-order valence-electron chi connectivity index (χ1n) is 6.49.